The van der Waals surface area contributed by atoms with Crippen LogP contribution in [0.1, 0.15) is 16.9 Å². The number of nitrogens with zero attached hydrogens (tertiary/aromatic N) is 1. The molecule has 0 bridgehead atoms. The summed E-state index contributed by atoms with van der Waals surface area (Å²) in [4.78, 5) is 27.4. The van der Waals surface area contributed by atoms with Crippen LogP contribution in [0.5, 0.6) is 0 Å². The predicted molar refractivity (Wildman–Crippen MR) is 80.0 cm³/mol. The lowest BCUT2D eigenvalue weighted by Gasteiger charge is -2.15. The minimum Gasteiger partial charge on any atom is -0.480 e. The number of nitrogens with one attached hydrogen (secondary N) is 1. The summed E-state index contributed by atoms with van der Waals surface area (Å²) in [5.74, 6) is -2.75. The molecule has 23 heavy (non-hydrogen) atoms. The highest BCUT2D eigenvalue weighted by Gasteiger charge is 2.36. The molecular formula is C12H8ClF3N2O3S2. The van der Waals surface area contributed by atoms with E-state index in [1.807, 2.05) is 5.32 Å². The number of hydrogen-bond acceptors (Lipinski definition) is 5. The first-order valence-corrected chi connectivity index (χ1v) is 8.05. The molecule has 1 amide bonds. The summed E-state index contributed by atoms with van der Waals surface area (Å²) in [6, 6.07) is 1.27. The van der Waals surface area contributed by atoms with Crippen LogP contribution < -0.4 is 5.32 Å². The highest BCUT2D eigenvalue weighted by Crippen LogP contribution is 2.33. The molecule has 2 heterocycles. The molecule has 124 valence electrons. The second kappa shape index (κ2) is 6.85. The van der Waals surface area contributed by atoms with E-state index in [-0.39, 0.29) is 5.69 Å². The van der Waals surface area contributed by atoms with E-state index in [2.05, 4.69) is 4.98 Å². The van der Waals surface area contributed by atoms with Crippen LogP contribution in [0.4, 0.5) is 13.2 Å². The first-order chi connectivity index (χ1) is 10.7. The summed E-state index contributed by atoms with van der Waals surface area (Å²) in [5.41, 5.74) is -0.150. The number of rotatable bonds is 5. The standard InChI is InChI=1S/C12H8ClF3N2O3S2/c13-8-2-1-7(23-8)10-18-6(4-22-10)9(19)17-5(11(20)21)3-12(14,15)16/h1-2,4-5H,3H2,(H,17,19)(H,20,21). The Morgan fingerprint density at radius 3 is 2.61 bits per heavy atom. The molecule has 2 aromatic heterocycles. The lowest BCUT2D eigenvalue weighted by atomic mass is 10.2. The largest absolute Gasteiger partial charge is 0.480 e. The first-order valence-electron chi connectivity index (χ1n) is 5.97. The smallest absolute Gasteiger partial charge is 0.391 e. The zero-order valence-corrected chi connectivity index (χ0v) is 13.4. The zero-order chi connectivity index (χ0) is 17.2. The summed E-state index contributed by atoms with van der Waals surface area (Å²) in [5, 5.41) is 12.4. The second-order valence-electron chi connectivity index (χ2n) is 4.33. The Balaban J connectivity index is 2.11. The summed E-state index contributed by atoms with van der Waals surface area (Å²) in [6.07, 6.45) is -6.37. The van der Waals surface area contributed by atoms with E-state index in [9.17, 15) is 22.8 Å². The number of carboxylic acids is 1. The highest BCUT2D eigenvalue weighted by atomic mass is 35.5. The number of halogens is 4. The number of hydrogen-bond donors (Lipinski definition) is 2. The fourth-order valence-corrected chi connectivity index (χ4v) is 3.50. The van der Waals surface area contributed by atoms with Gasteiger partial charge in [-0.15, -0.1) is 22.7 Å². The van der Waals surface area contributed by atoms with E-state index in [0.717, 1.165) is 11.3 Å². The van der Waals surface area contributed by atoms with Crippen LogP contribution in [0.3, 0.4) is 0 Å². The maximum Gasteiger partial charge on any atom is 0.391 e. The number of thiophene rings is 1. The zero-order valence-electron chi connectivity index (χ0n) is 11.1. The number of aliphatic carboxylic acids is 1. The molecule has 0 aromatic carbocycles. The van der Waals surface area contributed by atoms with Crippen LogP contribution in [0.25, 0.3) is 9.88 Å². The van der Waals surface area contributed by atoms with Crippen molar-refractivity contribution in [2.45, 2.75) is 18.6 Å². The predicted octanol–water partition coefficient (Wildman–Crippen LogP) is 3.66. The lowest BCUT2D eigenvalue weighted by Crippen LogP contribution is -2.43. The molecule has 2 N–H and O–H groups in total. The molecule has 0 spiro atoms. The van der Waals surface area contributed by atoms with Crippen molar-refractivity contribution >= 4 is 46.2 Å². The maximum absolute atomic E-state index is 12.3. The Morgan fingerprint density at radius 2 is 2.09 bits per heavy atom. The summed E-state index contributed by atoms with van der Waals surface area (Å²) < 4.78 is 37.4. The molecular weight excluding hydrogens is 377 g/mol. The monoisotopic (exact) mass is 384 g/mol. The average molecular weight is 385 g/mol. The van der Waals surface area contributed by atoms with E-state index in [1.54, 1.807) is 12.1 Å². The normalized spacial score (nSPS) is 12.9. The molecule has 0 saturated heterocycles. The number of thiazole rings is 1. The fourth-order valence-electron chi connectivity index (χ4n) is 1.58. The SMILES string of the molecule is O=C(NC(CC(F)(F)F)C(=O)O)c1csc(-c2ccc(Cl)s2)n1. The van der Waals surface area contributed by atoms with Gasteiger partial charge in [-0.1, -0.05) is 11.6 Å². The molecule has 0 saturated carbocycles. The maximum atomic E-state index is 12.3. The van der Waals surface area contributed by atoms with E-state index in [4.69, 9.17) is 16.7 Å². The molecule has 0 aliphatic carbocycles. The minimum atomic E-state index is -4.71. The van der Waals surface area contributed by atoms with Gasteiger partial charge < -0.3 is 10.4 Å². The van der Waals surface area contributed by atoms with E-state index < -0.39 is 30.5 Å². The van der Waals surface area contributed by atoms with Gasteiger partial charge in [0.1, 0.15) is 16.7 Å². The Labute approximate surface area is 140 Å². The number of carboxylic acid groups (broad SMARTS) is 1. The molecule has 5 nitrogen and oxygen atoms in total. The van der Waals surface area contributed by atoms with Crippen molar-refractivity contribution in [1.29, 1.82) is 0 Å². The third kappa shape index (κ3) is 4.91. The van der Waals surface area contributed by atoms with Gasteiger partial charge in [0.15, 0.2) is 0 Å². The first kappa shape index (κ1) is 17.7. The highest BCUT2D eigenvalue weighted by molar-refractivity contribution is 7.23. The molecule has 0 fully saturated rings. The van der Waals surface area contributed by atoms with Crippen LogP contribution in [-0.4, -0.2) is 34.2 Å². The quantitative estimate of drug-likeness (QED) is 0.824. The third-order valence-electron chi connectivity index (χ3n) is 2.56. The summed E-state index contributed by atoms with van der Waals surface area (Å²) in [6.45, 7) is 0. The third-order valence-corrected chi connectivity index (χ3v) is 4.80. The van der Waals surface area contributed by atoms with Gasteiger partial charge in [0.2, 0.25) is 0 Å². The van der Waals surface area contributed by atoms with Crippen molar-refractivity contribution in [2.75, 3.05) is 0 Å². The number of amides is 1. The van der Waals surface area contributed by atoms with E-state index in [0.29, 0.717) is 14.2 Å². The fraction of sp³-hybridized carbons (Fsp3) is 0.250. The van der Waals surface area contributed by atoms with Crippen molar-refractivity contribution in [3.63, 3.8) is 0 Å². The molecule has 0 aliphatic rings. The van der Waals surface area contributed by atoms with Gasteiger partial charge in [0.05, 0.1) is 15.6 Å². The van der Waals surface area contributed by atoms with Gasteiger partial charge in [0.25, 0.3) is 5.91 Å². The van der Waals surface area contributed by atoms with Gasteiger partial charge in [0, 0.05) is 5.38 Å². The van der Waals surface area contributed by atoms with Gasteiger partial charge >= 0.3 is 12.1 Å². The molecule has 1 unspecified atom stereocenters. The number of carbonyl (C=O) groups is 2. The van der Waals surface area contributed by atoms with Gasteiger partial charge in [-0.2, -0.15) is 13.2 Å². The summed E-state index contributed by atoms with van der Waals surface area (Å²) in [7, 11) is 0. The van der Waals surface area contributed by atoms with Crippen LogP contribution in [-0.2, 0) is 4.79 Å². The molecule has 0 radical (unpaired) electrons. The second-order valence-corrected chi connectivity index (χ2v) is 6.90. The van der Waals surface area contributed by atoms with Crippen molar-refractivity contribution in [3.8, 4) is 9.88 Å². The molecule has 11 heteroatoms. The molecule has 1 atom stereocenters. The van der Waals surface area contributed by atoms with Crippen LogP contribution >= 0.6 is 34.3 Å². The Morgan fingerprint density at radius 1 is 1.39 bits per heavy atom. The average Bonchev–Trinajstić information content (AvgIpc) is 3.04. The van der Waals surface area contributed by atoms with Crippen LogP contribution in [0.2, 0.25) is 4.34 Å². The Kier molecular flexibility index (Phi) is 5.27. The topological polar surface area (TPSA) is 79.3 Å². The molecule has 2 rings (SSSR count). The van der Waals surface area contributed by atoms with Crippen molar-refractivity contribution in [2.24, 2.45) is 0 Å². The van der Waals surface area contributed by atoms with Crippen molar-refractivity contribution in [1.82, 2.24) is 10.3 Å². The minimum absolute atomic E-state index is 0.150. The number of aromatic nitrogens is 1. The van der Waals surface area contributed by atoms with Crippen molar-refractivity contribution in [3.05, 3.63) is 27.5 Å². The lowest BCUT2D eigenvalue weighted by molar-refractivity contribution is -0.157. The van der Waals surface area contributed by atoms with Gasteiger partial charge in [-0.05, 0) is 12.1 Å². The van der Waals surface area contributed by atoms with E-state index in [1.165, 1.54) is 16.7 Å². The van der Waals surface area contributed by atoms with Gasteiger partial charge in [-0.25, -0.2) is 9.78 Å². The Hall–Kier alpha value is -1.65. The Bertz CT molecular complexity index is 729. The number of carbonyl (C=O) groups excluding carboxylic acids is 1. The van der Waals surface area contributed by atoms with Crippen LogP contribution in [0.15, 0.2) is 17.5 Å². The van der Waals surface area contributed by atoms with E-state index >= 15 is 0 Å². The van der Waals surface area contributed by atoms with Crippen molar-refractivity contribution < 1.29 is 27.9 Å². The molecule has 0 aliphatic heterocycles. The number of alkyl halides is 3. The molecule has 2 aromatic rings. The van der Waals surface area contributed by atoms with Crippen LogP contribution in [0, 0.1) is 0 Å². The summed E-state index contributed by atoms with van der Waals surface area (Å²) >= 11 is 8.12. The van der Waals surface area contributed by atoms with Gasteiger partial charge in [-0.3, -0.25) is 4.79 Å².